The number of fused-ring (bicyclic) bond motifs is 1. The summed E-state index contributed by atoms with van der Waals surface area (Å²) in [6.45, 7) is 3.13. The minimum absolute atomic E-state index is 0.0429. The number of hydrogen-bond donors (Lipinski definition) is 1. The van der Waals surface area contributed by atoms with Crippen LogP contribution in [-0.4, -0.2) is 22.6 Å². The highest BCUT2D eigenvalue weighted by Gasteiger charge is 2.53. The summed E-state index contributed by atoms with van der Waals surface area (Å²) in [5.74, 6) is -1.08. The maximum Gasteiger partial charge on any atom is 0.409 e. The molecule has 1 saturated heterocycles. The van der Waals surface area contributed by atoms with Crippen molar-refractivity contribution in [2.24, 2.45) is 0 Å². The molecule has 3 rings (SSSR count). The first kappa shape index (κ1) is 16.7. The highest BCUT2D eigenvalue weighted by Crippen LogP contribution is 2.44. The van der Waals surface area contributed by atoms with Gasteiger partial charge in [0, 0.05) is 12.0 Å². The van der Waals surface area contributed by atoms with Crippen molar-refractivity contribution in [3.05, 3.63) is 47.8 Å². The van der Waals surface area contributed by atoms with Crippen molar-refractivity contribution in [3.63, 3.8) is 0 Å². The monoisotopic (exact) mass is 340 g/mol. The summed E-state index contributed by atoms with van der Waals surface area (Å²) in [6, 6.07) is 6.11. The van der Waals surface area contributed by atoms with Crippen LogP contribution in [0, 0.1) is 5.82 Å². The third kappa shape index (κ3) is 2.84. The van der Waals surface area contributed by atoms with Gasteiger partial charge in [-0.05, 0) is 42.3 Å². The molecule has 128 valence electrons. The van der Waals surface area contributed by atoms with Crippen molar-refractivity contribution in [1.29, 1.82) is 0 Å². The van der Waals surface area contributed by atoms with Crippen molar-refractivity contribution in [1.82, 2.24) is 10.4 Å². The van der Waals surface area contributed by atoms with Gasteiger partial charge in [-0.1, -0.05) is 24.3 Å². The Labute approximate surface area is 136 Å². The molecule has 1 fully saturated rings. The molecule has 1 amide bonds. The number of nitrogens with zero attached hydrogens (tertiary/aromatic N) is 1. The Bertz CT molecular complexity index is 801. The molecule has 0 unspecified atom stereocenters. The second kappa shape index (κ2) is 5.44. The number of hydrazine groups is 1. The van der Waals surface area contributed by atoms with Crippen molar-refractivity contribution >= 4 is 16.7 Å². The molecule has 0 saturated carbocycles. The molecule has 3 nitrogen and oxygen atoms in total. The van der Waals surface area contributed by atoms with Crippen molar-refractivity contribution < 1.29 is 22.4 Å². The Balaban J connectivity index is 2.22. The molecule has 1 atom stereocenters. The summed E-state index contributed by atoms with van der Waals surface area (Å²) in [6.07, 6.45) is -4.69. The number of carbonyl (C=O) groups excluding carboxylic acids is 1. The summed E-state index contributed by atoms with van der Waals surface area (Å²) >= 11 is 0. The number of carbonyl (C=O) groups is 1. The number of hydrogen-bond acceptors (Lipinski definition) is 2. The van der Waals surface area contributed by atoms with E-state index in [4.69, 9.17) is 0 Å². The lowest BCUT2D eigenvalue weighted by atomic mass is 9.94. The van der Waals surface area contributed by atoms with Crippen molar-refractivity contribution in [3.8, 4) is 0 Å². The third-order valence-electron chi connectivity index (χ3n) is 4.23. The Morgan fingerprint density at radius 3 is 2.50 bits per heavy atom. The number of amides is 1. The molecule has 1 aliphatic heterocycles. The summed E-state index contributed by atoms with van der Waals surface area (Å²) in [5.41, 5.74) is 1.20. The predicted octanol–water partition coefficient (Wildman–Crippen LogP) is 4.10. The molecule has 1 N–H and O–H groups in total. The van der Waals surface area contributed by atoms with E-state index in [1.54, 1.807) is 19.9 Å². The van der Waals surface area contributed by atoms with E-state index in [1.165, 1.54) is 24.3 Å². The van der Waals surface area contributed by atoms with Crippen LogP contribution < -0.4 is 5.43 Å². The van der Waals surface area contributed by atoms with Crippen LogP contribution in [0.2, 0.25) is 0 Å². The molecule has 0 spiro atoms. The topological polar surface area (TPSA) is 32.3 Å². The molecule has 1 aliphatic rings. The number of rotatable bonds is 2. The first-order chi connectivity index (χ1) is 11.1. The van der Waals surface area contributed by atoms with Crippen LogP contribution in [0.3, 0.4) is 0 Å². The van der Waals surface area contributed by atoms with E-state index in [0.717, 1.165) is 11.1 Å². The largest absolute Gasteiger partial charge is 0.409 e. The van der Waals surface area contributed by atoms with Crippen LogP contribution in [0.25, 0.3) is 10.8 Å². The maximum absolute atomic E-state index is 13.9. The fourth-order valence-corrected chi connectivity index (χ4v) is 3.19. The van der Waals surface area contributed by atoms with E-state index in [0.29, 0.717) is 5.39 Å². The van der Waals surface area contributed by atoms with Gasteiger partial charge in [0.2, 0.25) is 5.91 Å². The minimum atomic E-state index is -4.64. The standard InChI is InChI=1S/C17H16F4N2O/c1-16(2)9-14(24)22-23(16)15(17(19,20)21)12-5-3-4-10-6-7-11(18)8-13(10)12/h3-8,15H,9H2,1-2H3,(H,22,24)/t15-/m0/s1. The molecular formula is C17H16F4N2O. The van der Waals surface area contributed by atoms with Gasteiger partial charge in [-0.15, -0.1) is 0 Å². The van der Waals surface area contributed by atoms with Crippen LogP contribution in [0.1, 0.15) is 31.9 Å². The second-order valence-electron chi connectivity index (χ2n) is 6.55. The molecule has 2 aromatic carbocycles. The van der Waals surface area contributed by atoms with Gasteiger partial charge in [0.05, 0.1) is 0 Å². The molecule has 2 aromatic rings. The maximum atomic E-state index is 13.9. The first-order valence-electron chi connectivity index (χ1n) is 7.43. The number of benzene rings is 2. The van der Waals surface area contributed by atoms with E-state index in [1.807, 2.05) is 0 Å². The number of alkyl halides is 3. The number of halogens is 4. The van der Waals surface area contributed by atoms with Crippen LogP contribution in [0.5, 0.6) is 0 Å². The van der Waals surface area contributed by atoms with E-state index < -0.39 is 29.5 Å². The molecule has 0 aliphatic carbocycles. The summed E-state index contributed by atoms with van der Waals surface area (Å²) in [7, 11) is 0. The zero-order valence-corrected chi connectivity index (χ0v) is 13.1. The second-order valence-corrected chi connectivity index (χ2v) is 6.55. The lowest BCUT2D eigenvalue weighted by Gasteiger charge is -2.38. The lowest BCUT2D eigenvalue weighted by molar-refractivity contribution is -0.203. The first-order valence-corrected chi connectivity index (χ1v) is 7.43. The minimum Gasteiger partial charge on any atom is -0.287 e. The van der Waals surface area contributed by atoms with Crippen LogP contribution in [-0.2, 0) is 4.79 Å². The molecule has 1 heterocycles. The van der Waals surface area contributed by atoms with Gasteiger partial charge in [0.15, 0.2) is 6.04 Å². The van der Waals surface area contributed by atoms with Crippen LogP contribution in [0.15, 0.2) is 36.4 Å². The SMILES string of the molecule is CC1(C)CC(=O)NN1[C@@H](c1cccc2ccc(F)cc12)C(F)(F)F. The molecule has 0 radical (unpaired) electrons. The third-order valence-corrected chi connectivity index (χ3v) is 4.23. The highest BCUT2D eigenvalue weighted by atomic mass is 19.4. The zero-order chi connectivity index (χ0) is 17.7. The molecule has 7 heteroatoms. The van der Waals surface area contributed by atoms with Crippen LogP contribution >= 0.6 is 0 Å². The predicted molar refractivity (Wildman–Crippen MR) is 81.4 cm³/mol. The fraction of sp³-hybridized carbons (Fsp3) is 0.353. The molecule has 0 aromatic heterocycles. The van der Waals surface area contributed by atoms with Gasteiger partial charge in [0.1, 0.15) is 5.82 Å². The molecular weight excluding hydrogens is 324 g/mol. The van der Waals surface area contributed by atoms with Gasteiger partial charge in [-0.25, -0.2) is 4.39 Å². The van der Waals surface area contributed by atoms with Crippen LogP contribution in [0.4, 0.5) is 17.6 Å². The van der Waals surface area contributed by atoms with Crippen molar-refractivity contribution in [2.45, 2.75) is 38.0 Å². The average molecular weight is 340 g/mol. The quantitative estimate of drug-likeness (QED) is 0.835. The van der Waals surface area contributed by atoms with Gasteiger partial charge >= 0.3 is 6.18 Å². The van der Waals surface area contributed by atoms with E-state index in [9.17, 15) is 22.4 Å². The Hall–Kier alpha value is -2.15. The van der Waals surface area contributed by atoms with Gasteiger partial charge < -0.3 is 0 Å². The summed E-state index contributed by atoms with van der Waals surface area (Å²) in [5, 5.41) is 1.61. The normalized spacial score (nSPS) is 19.5. The van der Waals surface area contributed by atoms with Gasteiger partial charge in [0.25, 0.3) is 0 Å². The Morgan fingerprint density at radius 2 is 1.92 bits per heavy atom. The number of nitrogens with one attached hydrogen (secondary N) is 1. The Morgan fingerprint density at radius 1 is 1.21 bits per heavy atom. The van der Waals surface area contributed by atoms with Gasteiger partial charge in [-0.2, -0.15) is 18.2 Å². The average Bonchev–Trinajstić information content (AvgIpc) is 2.71. The van der Waals surface area contributed by atoms with Gasteiger partial charge in [-0.3, -0.25) is 10.2 Å². The highest BCUT2D eigenvalue weighted by molar-refractivity contribution is 5.86. The van der Waals surface area contributed by atoms with Crippen molar-refractivity contribution in [2.75, 3.05) is 0 Å². The van der Waals surface area contributed by atoms with E-state index in [-0.39, 0.29) is 17.4 Å². The fourth-order valence-electron chi connectivity index (χ4n) is 3.19. The summed E-state index contributed by atoms with van der Waals surface area (Å²) < 4.78 is 55.2. The lowest BCUT2D eigenvalue weighted by Crippen LogP contribution is -2.51. The zero-order valence-electron chi connectivity index (χ0n) is 13.1. The summed E-state index contributed by atoms with van der Waals surface area (Å²) in [4.78, 5) is 11.7. The molecule has 24 heavy (non-hydrogen) atoms. The Kier molecular flexibility index (Phi) is 3.79. The van der Waals surface area contributed by atoms with E-state index >= 15 is 0 Å². The molecule has 0 bridgehead atoms. The van der Waals surface area contributed by atoms with E-state index in [2.05, 4.69) is 5.43 Å². The smallest absolute Gasteiger partial charge is 0.287 e.